The number of aliphatic hydroxyl groups is 1. The van der Waals surface area contributed by atoms with Crippen molar-refractivity contribution in [2.75, 3.05) is 26.7 Å². The Morgan fingerprint density at radius 1 is 0.912 bits per heavy atom. The molecule has 13 heteroatoms. The van der Waals surface area contributed by atoms with Crippen LogP contribution in [-0.2, 0) is 33.8 Å². The molecule has 0 radical (unpaired) electrons. The van der Waals surface area contributed by atoms with E-state index >= 15 is 0 Å². The van der Waals surface area contributed by atoms with Crippen molar-refractivity contribution in [1.82, 2.24) is 35.9 Å². The van der Waals surface area contributed by atoms with Gasteiger partial charge in [0.15, 0.2) is 0 Å². The van der Waals surface area contributed by atoms with Crippen molar-refractivity contribution < 1.29 is 29.0 Å². The molecule has 1 aliphatic heterocycles. The Morgan fingerprint density at radius 3 is 2.19 bits per heavy atom. The van der Waals surface area contributed by atoms with Gasteiger partial charge >= 0.3 is 12.1 Å². The van der Waals surface area contributed by atoms with Gasteiger partial charge in [0.05, 0.1) is 31.5 Å². The zero-order chi connectivity index (χ0) is 41.9. The van der Waals surface area contributed by atoms with Crippen LogP contribution in [0.15, 0.2) is 72.8 Å². The molecule has 5 amide bonds. The molecule has 1 saturated heterocycles. The van der Waals surface area contributed by atoms with E-state index < -0.39 is 41.6 Å². The fraction of sp³-hybridized carbons (Fsp3) is 0.523. The largest absolute Gasteiger partial charge is 0.453 e. The van der Waals surface area contributed by atoms with Gasteiger partial charge < -0.3 is 30.3 Å². The number of hydrogen-bond donors (Lipinski definition) is 4. The molecule has 2 heterocycles. The normalized spacial score (nSPS) is 15.9. The van der Waals surface area contributed by atoms with Gasteiger partial charge in [-0.3, -0.25) is 20.0 Å². The molecule has 0 bridgehead atoms. The summed E-state index contributed by atoms with van der Waals surface area (Å²) in [5, 5.41) is 19.5. The highest BCUT2D eigenvalue weighted by atomic mass is 16.5. The topological polar surface area (TPSA) is 156 Å². The highest BCUT2D eigenvalue weighted by Crippen LogP contribution is 2.24. The van der Waals surface area contributed by atoms with Gasteiger partial charge in [-0.15, -0.1) is 0 Å². The summed E-state index contributed by atoms with van der Waals surface area (Å²) >= 11 is 0. The van der Waals surface area contributed by atoms with E-state index in [1.54, 1.807) is 14.8 Å². The number of aliphatic hydroxyl groups excluding tert-OH is 1. The zero-order valence-corrected chi connectivity index (χ0v) is 35.1. The Hall–Kier alpha value is -5.01. The van der Waals surface area contributed by atoms with Crippen LogP contribution in [-0.4, -0.2) is 99.8 Å². The number of carbonyl (C=O) groups is 4. The number of hydrazine groups is 1. The lowest BCUT2D eigenvalue weighted by atomic mass is 9.86. The van der Waals surface area contributed by atoms with Crippen LogP contribution in [0.3, 0.4) is 0 Å². The Morgan fingerprint density at radius 2 is 1.60 bits per heavy atom. The summed E-state index contributed by atoms with van der Waals surface area (Å²) in [6, 6.07) is 20.6. The van der Waals surface area contributed by atoms with Gasteiger partial charge in [-0.1, -0.05) is 116 Å². The number of benzene rings is 2. The number of nitrogens with one attached hydrogen (secondary N) is 3. The highest BCUT2D eigenvalue weighted by Gasteiger charge is 2.41. The first kappa shape index (κ1) is 44.7. The number of urea groups is 1. The summed E-state index contributed by atoms with van der Waals surface area (Å²) in [6.45, 7) is 16.9. The number of hydrogen-bond acceptors (Lipinski definition) is 8. The molecule has 1 aliphatic rings. The summed E-state index contributed by atoms with van der Waals surface area (Å²) in [5.41, 5.74) is 6.87. The lowest BCUT2D eigenvalue weighted by molar-refractivity contribution is -0.132. The van der Waals surface area contributed by atoms with E-state index in [0.717, 1.165) is 28.1 Å². The number of pyridine rings is 1. The molecule has 5 atom stereocenters. The van der Waals surface area contributed by atoms with Crippen LogP contribution in [0.4, 0.5) is 9.59 Å². The lowest BCUT2D eigenvalue weighted by Crippen LogP contribution is -2.60. The van der Waals surface area contributed by atoms with Gasteiger partial charge in [0.2, 0.25) is 5.91 Å². The maximum atomic E-state index is 14.5. The molecular formula is C44H63N7O6. The molecule has 4 N–H and O–H groups in total. The standard InChI is InChI=1S/C44H63N7O6/c1-10-30(4)38(51-24-23-49(43(51)56)27-35-18-14-15-31(5)45-35)40(53)46-36(25-32-16-12-11-13-17-32)37(52)28-50(26-33-19-21-34(22-20-33)29(2)3)48-41(54)39(44(6,7)8)47-42(55)57-9/h11-22,29-30,36-39,52H,10,23-28H2,1-9H3,(H,46,53)(H,47,55)(H,48,54)/t30-,36-,37-,38-,39+/m0/s1. The van der Waals surface area contributed by atoms with Gasteiger partial charge in [0.25, 0.3) is 5.91 Å². The molecule has 0 unspecified atom stereocenters. The molecule has 1 fully saturated rings. The summed E-state index contributed by atoms with van der Waals surface area (Å²) in [6.07, 6.45) is -0.980. The molecule has 4 rings (SSSR count). The summed E-state index contributed by atoms with van der Waals surface area (Å²) in [4.78, 5) is 62.5. The van der Waals surface area contributed by atoms with Crippen molar-refractivity contribution in [1.29, 1.82) is 0 Å². The third kappa shape index (κ3) is 12.7. The maximum absolute atomic E-state index is 14.5. The second-order valence-electron chi connectivity index (χ2n) is 16.6. The van der Waals surface area contributed by atoms with E-state index in [2.05, 4.69) is 34.9 Å². The first-order chi connectivity index (χ1) is 27.0. The number of nitrogens with zero attached hydrogens (tertiary/aromatic N) is 4. The van der Waals surface area contributed by atoms with Gasteiger partial charge in [-0.2, -0.15) is 0 Å². The second-order valence-corrected chi connectivity index (χ2v) is 16.6. The van der Waals surface area contributed by atoms with Crippen LogP contribution in [0.2, 0.25) is 0 Å². The average Bonchev–Trinajstić information content (AvgIpc) is 3.51. The predicted molar refractivity (Wildman–Crippen MR) is 221 cm³/mol. The zero-order valence-electron chi connectivity index (χ0n) is 35.1. The third-order valence-corrected chi connectivity index (χ3v) is 10.6. The molecule has 3 aromatic rings. The van der Waals surface area contributed by atoms with Crippen molar-refractivity contribution in [3.05, 3.63) is 101 Å². The fourth-order valence-corrected chi connectivity index (χ4v) is 7.04. The van der Waals surface area contributed by atoms with E-state index in [9.17, 15) is 24.3 Å². The SMILES string of the molecule is CC[C@H](C)[C@@H](C(=O)N[C@@H](Cc1ccccc1)[C@@H](O)CN(Cc1ccc(C(C)C)cc1)NC(=O)[C@@H](NC(=O)OC)C(C)(C)C)N1CCN(Cc2cccc(C)n2)C1=O. The minimum atomic E-state index is -1.18. The third-order valence-electron chi connectivity index (χ3n) is 10.6. The van der Waals surface area contributed by atoms with Crippen molar-refractivity contribution in [2.24, 2.45) is 11.3 Å². The first-order valence-corrected chi connectivity index (χ1v) is 20.0. The first-order valence-electron chi connectivity index (χ1n) is 20.0. The Bertz CT molecular complexity index is 1780. The number of amides is 5. The molecular weight excluding hydrogens is 723 g/mol. The van der Waals surface area contributed by atoms with E-state index in [4.69, 9.17) is 4.74 Å². The lowest BCUT2D eigenvalue weighted by Gasteiger charge is -2.36. The molecule has 0 aliphatic carbocycles. The van der Waals surface area contributed by atoms with E-state index in [-0.39, 0.29) is 30.9 Å². The number of alkyl carbamates (subject to hydrolysis) is 1. The van der Waals surface area contributed by atoms with Crippen LogP contribution in [0.25, 0.3) is 0 Å². The number of aryl methyl sites for hydroxylation is 1. The van der Waals surface area contributed by atoms with Crippen LogP contribution in [0, 0.1) is 18.3 Å². The van der Waals surface area contributed by atoms with E-state index in [1.807, 2.05) is 114 Å². The fourth-order valence-electron chi connectivity index (χ4n) is 7.04. The van der Waals surface area contributed by atoms with Crippen LogP contribution >= 0.6 is 0 Å². The van der Waals surface area contributed by atoms with Gasteiger partial charge in [-0.25, -0.2) is 14.6 Å². The van der Waals surface area contributed by atoms with Crippen molar-refractivity contribution in [3.8, 4) is 0 Å². The van der Waals surface area contributed by atoms with E-state index in [0.29, 0.717) is 38.4 Å². The molecule has 0 spiro atoms. The van der Waals surface area contributed by atoms with Crippen LogP contribution in [0.1, 0.15) is 88.9 Å². The highest BCUT2D eigenvalue weighted by molar-refractivity contribution is 5.88. The molecule has 13 nitrogen and oxygen atoms in total. The Kier molecular flexibility index (Phi) is 16.0. The van der Waals surface area contributed by atoms with Crippen LogP contribution < -0.4 is 16.1 Å². The number of methoxy groups -OCH3 is 1. The molecule has 1 aromatic heterocycles. The minimum Gasteiger partial charge on any atom is -0.453 e. The van der Waals surface area contributed by atoms with Gasteiger partial charge in [-0.05, 0) is 59.4 Å². The molecule has 0 saturated carbocycles. The average molecular weight is 786 g/mol. The van der Waals surface area contributed by atoms with Crippen molar-refractivity contribution in [3.63, 3.8) is 0 Å². The van der Waals surface area contributed by atoms with E-state index in [1.165, 1.54) is 7.11 Å². The van der Waals surface area contributed by atoms with Gasteiger partial charge in [0, 0.05) is 31.9 Å². The van der Waals surface area contributed by atoms with Crippen molar-refractivity contribution >= 4 is 23.9 Å². The quantitative estimate of drug-likeness (QED) is 0.122. The molecule has 2 aromatic carbocycles. The number of rotatable bonds is 18. The minimum absolute atomic E-state index is 0.0710. The smallest absolute Gasteiger partial charge is 0.407 e. The Labute approximate surface area is 338 Å². The van der Waals surface area contributed by atoms with Gasteiger partial charge in [0.1, 0.15) is 12.1 Å². The van der Waals surface area contributed by atoms with Crippen LogP contribution in [0.5, 0.6) is 0 Å². The number of ether oxygens (including phenoxy) is 1. The number of carbonyl (C=O) groups excluding carboxylic acids is 4. The van der Waals surface area contributed by atoms with Crippen molar-refractivity contribution in [2.45, 2.75) is 111 Å². The summed E-state index contributed by atoms with van der Waals surface area (Å²) in [7, 11) is 1.24. The predicted octanol–water partition coefficient (Wildman–Crippen LogP) is 5.56. The number of aromatic nitrogens is 1. The molecule has 57 heavy (non-hydrogen) atoms. The molecule has 310 valence electrons. The monoisotopic (exact) mass is 785 g/mol. The Balaban J connectivity index is 1.62. The second kappa shape index (κ2) is 20.4. The summed E-state index contributed by atoms with van der Waals surface area (Å²) < 4.78 is 4.82. The summed E-state index contributed by atoms with van der Waals surface area (Å²) in [5.74, 6) is -0.693. The maximum Gasteiger partial charge on any atom is 0.407 e.